The van der Waals surface area contributed by atoms with Gasteiger partial charge in [-0.1, -0.05) is 30.3 Å². The minimum atomic E-state index is -0.263. The first-order valence-electron chi connectivity index (χ1n) is 5.86. The zero-order chi connectivity index (χ0) is 14.7. The molecule has 0 aliphatic heterocycles. The Morgan fingerprint density at radius 2 is 1.75 bits per heavy atom. The van der Waals surface area contributed by atoms with Gasteiger partial charge in [-0.25, -0.2) is 4.79 Å². The molecule has 2 rings (SSSR count). The summed E-state index contributed by atoms with van der Waals surface area (Å²) in [5.74, 6) is -0.263. The molecule has 0 atom stereocenters. The monoisotopic (exact) mass is 604 g/mol. The molecule has 0 saturated heterocycles. The van der Waals surface area contributed by atoms with Gasteiger partial charge in [0.05, 0.1) is 5.56 Å². The average molecular weight is 604 g/mol. The first-order valence-corrected chi connectivity index (χ1v) is 9.09. The van der Waals surface area contributed by atoms with Crippen LogP contribution in [-0.4, -0.2) is 5.97 Å². The number of rotatable bonds is 3. The Balaban J connectivity index is 2.20. The third-order valence-electron chi connectivity index (χ3n) is 2.76. The van der Waals surface area contributed by atoms with Gasteiger partial charge in [0.1, 0.15) is 6.61 Å². The van der Waals surface area contributed by atoms with Crippen LogP contribution in [0.15, 0.2) is 36.4 Å². The van der Waals surface area contributed by atoms with Gasteiger partial charge in [-0.3, -0.25) is 0 Å². The summed E-state index contributed by atoms with van der Waals surface area (Å²) in [4.78, 5) is 12.3. The van der Waals surface area contributed by atoms with Crippen molar-refractivity contribution in [3.05, 3.63) is 63.8 Å². The molecular weight excluding hydrogens is 593 g/mol. The van der Waals surface area contributed by atoms with E-state index in [-0.39, 0.29) is 5.97 Å². The van der Waals surface area contributed by atoms with E-state index in [1.165, 1.54) is 5.56 Å². The van der Waals surface area contributed by atoms with E-state index in [1.807, 2.05) is 43.3 Å². The van der Waals surface area contributed by atoms with E-state index in [2.05, 4.69) is 67.8 Å². The number of carbonyl (C=O) groups is 1. The van der Waals surface area contributed by atoms with Gasteiger partial charge in [0.2, 0.25) is 0 Å². The molecule has 0 spiro atoms. The van der Waals surface area contributed by atoms with Crippen LogP contribution in [0.2, 0.25) is 0 Å². The van der Waals surface area contributed by atoms with Gasteiger partial charge in [0.25, 0.3) is 0 Å². The van der Waals surface area contributed by atoms with Crippen LogP contribution in [0.25, 0.3) is 0 Å². The second-order valence-corrected chi connectivity index (χ2v) is 7.56. The third kappa shape index (κ3) is 3.85. The summed E-state index contributed by atoms with van der Waals surface area (Å²) in [7, 11) is 0. The molecule has 0 unspecified atom stereocenters. The molecule has 20 heavy (non-hydrogen) atoms. The molecule has 0 N–H and O–H groups in total. The van der Waals surface area contributed by atoms with E-state index in [1.54, 1.807) is 0 Å². The Labute approximate surface area is 159 Å². The van der Waals surface area contributed by atoms with Gasteiger partial charge in [-0.2, -0.15) is 0 Å². The van der Waals surface area contributed by atoms with E-state index >= 15 is 0 Å². The number of hydrogen-bond acceptors (Lipinski definition) is 2. The molecule has 0 fully saturated rings. The Morgan fingerprint density at radius 1 is 1.10 bits per heavy atom. The van der Waals surface area contributed by atoms with Crippen molar-refractivity contribution >= 4 is 73.7 Å². The smallest absolute Gasteiger partial charge is 0.340 e. The lowest BCUT2D eigenvalue weighted by molar-refractivity contribution is 0.0470. The SMILES string of the molecule is Cc1cc(I)c(C(=O)OCc2ccccc2)c(I)c1I. The summed E-state index contributed by atoms with van der Waals surface area (Å²) in [6.45, 7) is 2.35. The van der Waals surface area contributed by atoms with Crippen LogP contribution in [0.5, 0.6) is 0 Å². The largest absolute Gasteiger partial charge is 0.457 e. The molecule has 5 heteroatoms. The summed E-state index contributed by atoms with van der Waals surface area (Å²) in [6.07, 6.45) is 0. The van der Waals surface area contributed by atoms with Crippen molar-refractivity contribution < 1.29 is 9.53 Å². The summed E-state index contributed by atoms with van der Waals surface area (Å²) in [5.41, 5.74) is 2.84. The molecule has 0 bridgehead atoms. The predicted molar refractivity (Wildman–Crippen MR) is 105 cm³/mol. The van der Waals surface area contributed by atoms with Crippen LogP contribution in [0.4, 0.5) is 0 Å². The maximum Gasteiger partial charge on any atom is 0.340 e. The molecule has 0 aliphatic carbocycles. The molecule has 0 amide bonds. The van der Waals surface area contributed by atoms with Crippen molar-refractivity contribution in [2.75, 3.05) is 0 Å². The van der Waals surface area contributed by atoms with Crippen molar-refractivity contribution in [1.29, 1.82) is 0 Å². The highest BCUT2D eigenvalue weighted by Gasteiger charge is 2.19. The van der Waals surface area contributed by atoms with Gasteiger partial charge in [0, 0.05) is 10.7 Å². The van der Waals surface area contributed by atoms with Crippen LogP contribution in [0, 0.1) is 17.6 Å². The van der Waals surface area contributed by atoms with Gasteiger partial charge in [-0.05, 0) is 91.9 Å². The van der Waals surface area contributed by atoms with Crippen molar-refractivity contribution in [1.82, 2.24) is 0 Å². The maximum atomic E-state index is 12.3. The summed E-state index contributed by atoms with van der Waals surface area (Å²) >= 11 is 6.67. The van der Waals surface area contributed by atoms with Gasteiger partial charge in [-0.15, -0.1) is 0 Å². The van der Waals surface area contributed by atoms with Crippen molar-refractivity contribution in [2.24, 2.45) is 0 Å². The topological polar surface area (TPSA) is 26.3 Å². The molecule has 0 radical (unpaired) electrons. The highest BCUT2D eigenvalue weighted by Crippen LogP contribution is 2.28. The molecular formula is C15H11I3O2. The van der Waals surface area contributed by atoms with Gasteiger partial charge >= 0.3 is 5.97 Å². The molecule has 0 saturated carbocycles. The lowest BCUT2D eigenvalue weighted by Crippen LogP contribution is -2.11. The number of benzene rings is 2. The third-order valence-corrected chi connectivity index (χ3v) is 7.11. The van der Waals surface area contributed by atoms with E-state index in [0.717, 1.165) is 16.3 Å². The highest BCUT2D eigenvalue weighted by molar-refractivity contribution is 14.1. The Hall–Kier alpha value is 0.100. The fourth-order valence-corrected chi connectivity index (χ4v) is 4.53. The number of aryl methyl sites for hydroxylation is 1. The molecule has 0 heterocycles. The highest BCUT2D eigenvalue weighted by atomic mass is 127. The van der Waals surface area contributed by atoms with E-state index in [9.17, 15) is 4.79 Å². The van der Waals surface area contributed by atoms with Crippen LogP contribution >= 0.6 is 67.8 Å². The second-order valence-electron chi connectivity index (χ2n) is 4.24. The maximum absolute atomic E-state index is 12.3. The molecule has 104 valence electrons. The number of ether oxygens (including phenoxy) is 1. The van der Waals surface area contributed by atoms with Crippen molar-refractivity contribution in [3.8, 4) is 0 Å². The predicted octanol–water partition coefficient (Wildman–Crippen LogP) is 5.17. The zero-order valence-corrected chi connectivity index (χ0v) is 17.1. The minimum Gasteiger partial charge on any atom is -0.457 e. The quantitative estimate of drug-likeness (QED) is 0.275. The van der Waals surface area contributed by atoms with E-state index in [0.29, 0.717) is 12.2 Å². The molecule has 2 aromatic carbocycles. The fraction of sp³-hybridized carbons (Fsp3) is 0.133. The van der Waals surface area contributed by atoms with E-state index in [4.69, 9.17) is 4.74 Å². The van der Waals surface area contributed by atoms with Crippen molar-refractivity contribution in [2.45, 2.75) is 13.5 Å². The normalized spacial score (nSPS) is 10.4. The first-order chi connectivity index (χ1) is 9.50. The van der Waals surface area contributed by atoms with Crippen LogP contribution in [-0.2, 0) is 11.3 Å². The number of hydrogen-bond donors (Lipinski definition) is 0. The first kappa shape index (κ1) is 16.5. The zero-order valence-electron chi connectivity index (χ0n) is 10.6. The van der Waals surface area contributed by atoms with Crippen LogP contribution in [0.3, 0.4) is 0 Å². The van der Waals surface area contributed by atoms with Crippen LogP contribution in [0.1, 0.15) is 21.5 Å². The molecule has 2 aromatic rings. The standard InChI is InChI=1S/C15H11I3O2/c1-9-7-11(16)12(14(18)13(9)17)15(19)20-8-10-5-3-2-4-6-10/h2-7H,8H2,1H3. The lowest BCUT2D eigenvalue weighted by atomic mass is 10.1. The number of carbonyl (C=O) groups excluding carboxylic acids is 1. The second kappa shape index (κ2) is 7.39. The summed E-state index contributed by atoms with van der Waals surface area (Å²) < 4.78 is 8.42. The Morgan fingerprint density at radius 3 is 2.40 bits per heavy atom. The molecule has 0 aliphatic rings. The lowest BCUT2D eigenvalue weighted by Gasteiger charge is -2.11. The molecule has 2 nitrogen and oxygen atoms in total. The number of esters is 1. The Bertz CT molecular complexity index is 639. The van der Waals surface area contributed by atoms with E-state index < -0.39 is 0 Å². The minimum absolute atomic E-state index is 0.263. The van der Waals surface area contributed by atoms with Crippen LogP contribution < -0.4 is 0 Å². The average Bonchev–Trinajstić information content (AvgIpc) is 2.44. The Kier molecular flexibility index (Phi) is 6.09. The fourth-order valence-electron chi connectivity index (χ4n) is 1.70. The summed E-state index contributed by atoms with van der Waals surface area (Å²) in [6, 6.07) is 11.7. The summed E-state index contributed by atoms with van der Waals surface area (Å²) in [5, 5.41) is 0. The van der Waals surface area contributed by atoms with Gasteiger partial charge < -0.3 is 4.74 Å². The molecule has 0 aromatic heterocycles. The number of halogens is 3. The van der Waals surface area contributed by atoms with Crippen molar-refractivity contribution in [3.63, 3.8) is 0 Å². The van der Waals surface area contributed by atoms with Gasteiger partial charge in [0.15, 0.2) is 0 Å².